The quantitative estimate of drug-likeness (QED) is 0.722. The van der Waals surface area contributed by atoms with Crippen LogP contribution in [0, 0.1) is 6.92 Å². The first-order valence-corrected chi connectivity index (χ1v) is 6.26. The molecule has 2 amide bonds. The number of nitrogens with zero attached hydrogens (tertiary/aromatic N) is 1. The zero-order valence-electron chi connectivity index (χ0n) is 10.7. The number of rotatable bonds is 4. The van der Waals surface area contributed by atoms with Crippen LogP contribution in [0.25, 0.3) is 0 Å². The lowest BCUT2D eigenvalue weighted by Gasteiger charge is -2.14. The van der Waals surface area contributed by atoms with Crippen LogP contribution in [0.3, 0.4) is 0 Å². The number of aliphatic hydroxyl groups is 1. The van der Waals surface area contributed by atoms with Gasteiger partial charge in [-0.2, -0.15) is 0 Å². The maximum absolute atomic E-state index is 11.9. The van der Waals surface area contributed by atoms with Crippen LogP contribution < -0.4 is 5.32 Å². The Bertz CT molecular complexity index is 613. The molecule has 0 bridgehead atoms. The number of aryl methyl sites for hydroxylation is 1. The molecule has 1 aromatic carbocycles. The summed E-state index contributed by atoms with van der Waals surface area (Å²) in [6.07, 6.45) is 1.13. The summed E-state index contributed by atoms with van der Waals surface area (Å²) in [4.78, 5) is 24.4. The Morgan fingerprint density at radius 1 is 1.35 bits per heavy atom. The minimum atomic E-state index is -0.541. The number of carbonyl (C=O) groups excluding carboxylic acids is 2. The van der Waals surface area contributed by atoms with Crippen molar-refractivity contribution in [3.63, 3.8) is 0 Å². The fraction of sp³-hybridized carbons (Fsp3) is 0.231. The number of nitrogens with one attached hydrogen (secondary N) is 1. The molecule has 3 N–H and O–H groups in total. The Labute approximate surface area is 120 Å². The van der Waals surface area contributed by atoms with E-state index in [1.54, 1.807) is 13.0 Å². The Morgan fingerprint density at radius 2 is 2.05 bits per heavy atom. The van der Waals surface area contributed by atoms with Crippen LogP contribution in [0.5, 0.6) is 5.75 Å². The number of benzene rings is 1. The van der Waals surface area contributed by atoms with E-state index in [0.717, 1.165) is 11.0 Å². The fourth-order valence-electron chi connectivity index (χ4n) is 1.81. The van der Waals surface area contributed by atoms with Gasteiger partial charge in [0, 0.05) is 12.1 Å². The number of aliphatic hydroxyl groups excluding tert-OH is 1. The normalized spacial score (nSPS) is 14.8. The number of hydrogen-bond donors (Lipinski definition) is 3. The summed E-state index contributed by atoms with van der Waals surface area (Å²) in [5.74, 6) is -1.01. The van der Waals surface area contributed by atoms with Gasteiger partial charge in [0.05, 0.1) is 23.9 Å². The van der Waals surface area contributed by atoms with Gasteiger partial charge in [0.2, 0.25) is 0 Å². The second-order valence-corrected chi connectivity index (χ2v) is 4.73. The maximum atomic E-state index is 11.9. The molecule has 6 nitrogen and oxygen atoms in total. The molecule has 0 aliphatic carbocycles. The number of anilines is 1. The zero-order valence-corrected chi connectivity index (χ0v) is 11.4. The van der Waals surface area contributed by atoms with Crippen molar-refractivity contribution in [1.82, 2.24) is 4.90 Å². The van der Waals surface area contributed by atoms with Gasteiger partial charge < -0.3 is 15.5 Å². The molecule has 1 heterocycles. The van der Waals surface area contributed by atoms with Gasteiger partial charge in [-0.1, -0.05) is 11.6 Å². The second kappa shape index (κ2) is 5.52. The van der Waals surface area contributed by atoms with E-state index in [9.17, 15) is 14.7 Å². The summed E-state index contributed by atoms with van der Waals surface area (Å²) < 4.78 is 0. The lowest BCUT2D eigenvalue weighted by molar-refractivity contribution is -0.137. The van der Waals surface area contributed by atoms with Crippen molar-refractivity contribution < 1.29 is 19.8 Å². The number of imide groups is 1. The van der Waals surface area contributed by atoms with Gasteiger partial charge in [-0.3, -0.25) is 14.5 Å². The molecule has 1 aliphatic heterocycles. The molecule has 0 spiro atoms. The molecule has 0 radical (unpaired) electrons. The number of phenols is 1. The third-order valence-corrected chi connectivity index (χ3v) is 3.20. The molecule has 1 aromatic rings. The van der Waals surface area contributed by atoms with Crippen LogP contribution in [0.4, 0.5) is 5.69 Å². The van der Waals surface area contributed by atoms with Crippen molar-refractivity contribution in [1.29, 1.82) is 0 Å². The maximum Gasteiger partial charge on any atom is 0.277 e. The molecule has 0 saturated heterocycles. The van der Waals surface area contributed by atoms with E-state index in [1.165, 1.54) is 6.07 Å². The largest absolute Gasteiger partial charge is 0.508 e. The van der Waals surface area contributed by atoms with Gasteiger partial charge >= 0.3 is 0 Å². The molecule has 0 saturated carbocycles. The van der Waals surface area contributed by atoms with E-state index >= 15 is 0 Å². The van der Waals surface area contributed by atoms with E-state index in [1.807, 2.05) is 0 Å². The monoisotopic (exact) mass is 296 g/mol. The average molecular weight is 297 g/mol. The molecule has 0 aromatic heterocycles. The summed E-state index contributed by atoms with van der Waals surface area (Å²) >= 11 is 6.01. The number of carbonyl (C=O) groups is 2. The molecule has 106 valence electrons. The highest BCUT2D eigenvalue weighted by Crippen LogP contribution is 2.31. The first-order valence-electron chi connectivity index (χ1n) is 5.88. The summed E-state index contributed by atoms with van der Waals surface area (Å²) in [6.45, 7) is 1.33. The number of phenolic OH excluding ortho intramolecular Hbond substituents is 1. The van der Waals surface area contributed by atoms with Gasteiger partial charge in [-0.15, -0.1) is 0 Å². The number of amides is 2. The predicted molar refractivity (Wildman–Crippen MR) is 73.4 cm³/mol. The van der Waals surface area contributed by atoms with Gasteiger partial charge in [0.1, 0.15) is 11.4 Å². The van der Waals surface area contributed by atoms with Gasteiger partial charge in [-0.05, 0) is 18.6 Å². The highest BCUT2D eigenvalue weighted by molar-refractivity contribution is 6.33. The molecule has 0 unspecified atom stereocenters. The molecule has 0 atom stereocenters. The van der Waals surface area contributed by atoms with Crippen LogP contribution in [-0.2, 0) is 9.59 Å². The Morgan fingerprint density at radius 3 is 2.70 bits per heavy atom. The molecular formula is C13H13ClN2O4. The van der Waals surface area contributed by atoms with Crippen LogP contribution >= 0.6 is 11.6 Å². The smallest absolute Gasteiger partial charge is 0.277 e. The summed E-state index contributed by atoms with van der Waals surface area (Å²) in [7, 11) is 0. The van der Waals surface area contributed by atoms with E-state index in [-0.39, 0.29) is 24.6 Å². The fourth-order valence-corrected chi connectivity index (χ4v) is 2.08. The summed E-state index contributed by atoms with van der Waals surface area (Å²) in [5, 5.41) is 21.5. The number of aromatic hydroxyl groups is 1. The Hall–Kier alpha value is -2.05. The number of β-amino-alcohol motifs (C(OH)–C–C–N with tert-alkyl or cyclic N) is 1. The lowest BCUT2D eigenvalue weighted by atomic mass is 10.2. The van der Waals surface area contributed by atoms with Crippen molar-refractivity contribution in [2.24, 2.45) is 0 Å². The second-order valence-electron chi connectivity index (χ2n) is 4.32. The minimum absolute atomic E-state index is 0.0292. The summed E-state index contributed by atoms with van der Waals surface area (Å²) in [6, 6.07) is 2.93. The molecule has 0 fully saturated rings. The molecule has 2 rings (SSSR count). The van der Waals surface area contributed by atoms with Crippen molar-refractivity contribution in [2.45, 2.75) is 6.92 Å². The third kappa shape index (κ3) is 2.61. The molecular weight excluding hydrogens is 284 g/mol. The van der Waals surface area contributed by atoms with Crippen LogP contribution in [0.2, 0.25) is 5.02 Å². The molecule has 20 heavy (non-hydrogen) atoms. The highest BCUT2D eigenvalue weighted by atomic mass is 35.5. The van der Waals surface area contributed by atoms with Crippen molar-refractivity contribution in [3.05, 3.63) is 34.5 Å². The number of hydrogen-bond acceptors (Lipinski definition) is 5. The topological polar surface area (TPSA) is 89.9 Å². The van der Waals surface area contributed by atoms with Gasteiger partial charge in [-0.25, -0.2) is 0 Å². The first kappa shape index (κ1) is 14.4. The third-order valence-electron chi connectivity index (χ3n) is 2.89. The van der Waals surface area contributed by atoms with Crippen molar-refractivity contribution >= 4 is 29.1 Å². The molecule has 1 aliphatic rings. The SMILES string of the molecule is Cc1cc(Cl)c(NC2=CC(=O)N(CCO)C2=O)cc1O. The van der Waals surface area contributed by atoms with E-state index in [0.29, 0.717) is 16.3 Å². The van der Waals surface area contributed by atoms with Gasteiger partial charge in [0.25, 0.3) is 11.8 Å². The highest BCUT2D eigenvalue weighted by Gasteiger charge is 2.30. The predicted octanol–water partition coefficient (Wildman–Crippen LogP) is 1.01. The average Bonchev–Trinajstić information content (AvgIpc) is 2.64. The van der Waals surface area contributed by atoms with E-state index in [4.69, 9.17) is 16.7 Å². The lowest BCUT2D eigenvalue weighted by Crippen LogP contribution is -2.34. The summed E-state index contributed by atoms with van der Waals surface area (Å²) in [5.41, 5.74) is 0.979. The Balaban J connectivity index is 2.23. The number of halogens is 1. The van der Waals surface area contributed by atoms with Crippen LogP contribution in [0.1, 0.15) is 5.56 Å². The molecule has 7 heteroatoms. The van der Waals surface area contributed by atoms with Gasteiger partial charge in [0.15, 0.2) is 0 Å². The van der Waals surface area contributed by atoms with E-state index < -0.39 is 11.8 Å². The first-order chi connectivity index (χ1) is 9.43. The van der Waals surface area contributed by atoms with Crippen LogP contribution in [-0.4, -0.2) is 40.1 Å². The van der Waals surface area contributed by atoms with E-state index in [2.05, 4.69) is 5.32 Å². The zero-order chi connectivity index (χ0) is 14.9. The minimum Gasteiger partial charge on any atom is -0.508 e. The van der Waals surface area contributed by atoms with Crippen molar-refractivity contribution in [3.8, 4) is 5.75 Å². The van der Waals surface area contributed by atoms with Crippen molar-refractivity contribution in [2.75, 3.05) is 18.5 Å². The Kier molecular flexibility index (Phi) is 3.96. The van der Waals surface area contributed by atoms with Crippen LogP contribution in [0.15, 0.2) is 23.9 Å². The standard InChI is InChI=1S/C13H13ClN2O4/c1-7-4-8(14)9(5-11(7)18)15-10-6-12(19)16(2-3-17)13(10)20/h4-6,15,17-18H,2-3H2,1H3.